The third-order valence-electron chi connectivity index (χ3n) is 2.02. The van der Waals surface area contributed by atoms with Crippen molar-refractivity contribution in [3.8, 4) is 0 Å². The van der Waals surface area contributed by atoms with Crippen molar-refractivity contribution in [3.63, 3.8) is 0 Å². The van der Waals surface area contributed by atoms with Gasteiger partial charge in [0.25, 0.3) is 0 Å². The van der Waals surface area contributed by atoms with Crippen LogP contribution in [0.2, 0.25) is 0 Å². The van der Waals surface area contributed by atoms with Crippen LogP contribution in [0.5, 0.6) is 0 Å². The second-order valence-electron chi connectivity index (χ2n) is 3.04. The molecule has 11 heavy (non-hydrogen) atoms. The van der Waals surface area contributed by atoms with Crippen molar-refractivity contribution in [3.05, 3.63) is 6.92 Å². The molecule has 1 fully saturated rings. The number of hydrogen-bond acceptors (Lipinski definition) is 3. The highest BCUT2D eigenvalue weighted by Crippen LogP contribution is 2.14. The SMILES string of the molecule is [CH2]C1CCN(C[SH](=O)=O)CC1. The molecular formula is C7H14NO2S. The van der Waals surface area contributed by atoms with E-state index >= 15 is 0 Å². The van der Waals surface area contributed by atoms with Crippen molar-refractivity contribution in [2.24, 2.45) is 5.92 Å². The molecule has 0 aromatic heterocycles. The summed E-state index contributed by atoms with van der Waals surface area (Å²) in [6.07, 6.45) is 2.06. The topological polar surface area (TPSA) is 37.4 Å². The standard InChI is InChI=1S/C7H14NO2S/c1-7-2-4-8(5-3-7)6-11(9)10/h7,11H,1-6H2. The molecule has 1 saturated heterocycles. The van der Waals surface area contributed by atoms with Gasteiger partial charge in [0.05, 0.1) is 5.88 Å². The molecule has 0 unspecified atom stereocenters. The fourth-order valence-corrected chi connectivity index (χ4v) is 1.90. The van der Waals surface area contributed by atoms with Gasteiger partial charge in [-0.3, -0.25) is 4.90 Å². The molecule has 1 radical (unpaired) electrons. The van der Waals surface area contributed by atoms with Gasteiger partial charge in [0.1, 0.15) is 0 Å². The fourth-order valence-electron chi connectivity index (χ4n) is 1.29. The molecule has 1 aliphatic heterocycles. The molecule has 4 heteroatoms. The van der Waals surface area contributed by atoms with Crippen LogP contribution in [0.4, 0.5) is 0 Å². The first-order valence-corrected chi connectivity index (χ1v) is 5.22. The molecule has 0 spiro atoms. The molecule has 0 amide bonds. The molecular weight excluding hydrogens is 162 g/mol. The Balaban J connectivity index is 2.28. The van der Waals surface area contributed by atoms with Crippen LogP contribution < -0.4 is 0 Å². The van der Waals surface area contributed by atoms with Gasteiger partial charge in [0, 0.05) is 0 Å². The third-order valence-corrected chi connectivity index (χ3v) is 2.65. The Labute approximate surface area is 69.3 Å². The molecule has 0 aromatic rings. The van der Waals surface area contributed by atoms with E-state index in [1.165, 1.54) is 0 Å². The van der Waals surface area contributed by atoms with Gasteiger partial charge in [0.15, 0.2) is 10.7 Å². The van der Waals surface area contributed by atoms with E-state index in [1.54, 1.807) is 0 Å². The number of hydrogen-bond donors (Lipinski definition) is 1. The highest BCUT2D eigenvalue weighted by Gasteiger charge is 2.15. The summed E-state index contributed by atoms with van der Waals surface area (Å²) in [5.74, 6) is 0.748. The van der Waals surface area contributed by atoms with Crippen LogP contribution in [0.15, 0.2) is 0 Å². The number of piperidine rings is 1. The Morgan fingerprint density at radius 2 is 1.91 bits per heavy atom. The van der Waals surface area contributed by atoms with E-state index in [0.717, 1.165) is 25.9 Å². The molecule has 0 bridgehead atoms. The average molecular weight is 176 g/mol. The van der Waals surface area contributed by atoms with Gasteiger partial charge in [-0.2, -0.15) is 0 Å². The first-order chi connectivity index (χ1) is 5.18. The summed E-state index contributed by atoms with van der Waals surface area (Å²) in [6, 6.07) is 0. The van der Waals surface area contributed by atoms with Crippen molar-refractivity contribution in [2.45, 2.75) is 12.8 Å². The first kappa shape index (κ1) is 9.00. The minimum Gasteiger partial charge on any atom is -0.290 e. The Morgan fingerprint density at radius 1 is 1.36 bits per heavy atom. The average Bonchev–Trinajstić information content (AvgIpc) is 1.93. The molecule has 0 aromatic carbocycles. The Kier molecular flexibility index (Phi) is 3.33. The highest BCUT2D eigenvalue weighted by molar-refractivity contribution is 7.72. The summed E-state index contributed by atoms with van der Waals surface area (Å²) in [4.78, 5) is 1.97. The lowest BCUT2D eigenvalue weighted by Crippen LogP contribution is -2.34. The molecule has 0 aliphatic carbocycles. The van der Waals surface area contributed by atoms with E-state index in [1.807, 2.05) is 4.90 Å². The minimum atomic E-state index is -2.23. The van der Waals surface area contributed by atoms with E-state index in [4.69, 9.17) is 0 Å². The normalized spacial score (nSPS) is 22.7. The van der Waals surface area contributed by atoms with E-state index in [-0.39, 0.29) is 5.88 Å². The quantitative estimate of drug-likeness (QED) is 0.606. The fraction of sp³-hybridized carbons (Fsp3) is 0.857. The molecule has 0 N–H and O–H groups in total. The van der Waals surface area contributed by atoms with Crippen molar-refractivity contribution >= 4 is 10.7 Å². The Bertz CT molecular complexity index is 175. The zero-order valence-electron chi connectivity index (χ0n) is 6.53. The lowest BCUT2D eigenvalue weighted by Gasteiger charge is -2.27. The van der Waals surface area contributed by atoms with Gasteiger partial charge in [-0.15, -0.1) is 0 Å². The summed E-state index contributed by atoms with van der Waals surface area (Å²) in [5, 5.41) is 0. The lowest BCUT2D eigenvalue weighted by atomic mass is 10.00. The number of likely N-dealkylation sites (tertiary alicyclic amines) is 1. The van der Waals surface area contributed by atoms with E-state index in [2.05, 4.69) is 6.92 Å². The largest absolute Gasteiger partial charge is 0.290 e. The number of nitrogens with zero attached hydrogens (tertiary/aromatic N) is 1. The maximum absolute atomic E-state index is 10.3. The summed E-state index contributed by atoms with van der Waals surface area (Å²) in [5.41, 5.74) is 0. The van der Waals surface area contributed by atoms with Gasteiger partial charge in [-0.25, -0.2) is 8.42 Å². The first-order valence-electron chi connectivity index (χ1n) is 3.85. The van der Waals surface area contributed by atoms with Gasteiger partial charge in [-0.1, -0.05) is 6.92 Å². The second-order valence-corrected chi connectivity index (χ2v) is 3.98. The Hall–Kier alpha value is -0.0900. The summed E-state index contributed by atoms with van der Waals surface area (Å²) in [7, 11) is -2.23. The highest BCUT2D eigenvalue weighted by atomic mass is 32.2. The van der Waals surface area contributed by atoms with Crippen LogP contribution in [0.25, 0.3) is 0 Å². The summed E-state index contributed by atoms with van der Waals surface area (Å²) >= 11 is 0. The molecule has 3 nitrogen and oxygen atoms in total. The van der Waals surface area contributed by atoms with Crippen LogP contribution in [0.1, 0.15) is 12.8 Å². The van der Waals surface area contributed by atoms with E-state index in [9.17, 15) is 8.42 Å². The molecule has 65 valence electrons. The van der Waals surface area contributed by atoms with E-state index in [0.29, 0.717) is 5.92 Å². The predicted molar refractivity (Wildman–Crippen MR) is 44.8 cm³/mol. The Morgan fingerprint density at radius 3 is 2.36 bits per heavy atom. The van der Waals surface area contributed by atoms with Crippen molar-refractivity contribution in [2.75, 3.05) is 19.0 Å². The molecule has 1 aliphatic rings. The molecule has 0 saturated carbocycles. The maximum atomic E-state index is 10.3. The number of rotatable bonds is 2. The van der Waals surface area contributed by atoms with Crippen LogP contribution in [0, 0.1) is 12.8 Å². The zero-order valence-corrected chi connectivity index (χ0v) is 7.43. The molecule has 0 atom stereocenters. The smallest absolute Gasteiger partial charge is 0.153 e. The van der Waals surface area contributed by atoms with Crippen molar-refractivity contribution in [1.82, 2.24) is 4.90 Å². The van der Waals surface area contributed by atoms with Crippen LogP contribution in [0.3, 0.4) is 0 Å². The zero-order chi connectivity index (χ0) is 8.27. The van der Waals surface area contributed by atoms with Crippen molar-refractivity contribution in [1.29, 1.82) is 0 Å². The second kappa shape index (κ2) is 4.07. The van der Waals surface area contributed by atoms with E-state index < -0.39 is 10.7 Å². The molecule has 1 heterocycles. The van der Waals surface area contributed by atoms with Crippen LogP contribution in [-0.4, -0.2) is 32.3 Å². The summed E-state index contributed by atoms with van der Waals surface area (Å²) < 4.78 is 20.7. The third kappa shape index (κ3) is 3.20. The molecule has 1 rings (SSSR count). The van der Waals surface area contributed by atoms with Crippen LogP contribution in [-0.2, 0) is 10.7 Å². The van der Waals surface area contributed by atoms with Gasteiger partial charge in [0.2, 0.25) is 0 Å². The van der Waals surface area contributed by atoms with Gasteiger partial charge >= 0.3 is 0 Å². The van der Waals surface area contributed by atoms with Gasteiger partial charge < -0.3 is 0 Å². The maximum Gasteiger partial charge on any atom is 0.153 e. The van der Waals surface area contributed by atoms with Crippen molar-refractivity contribution < 1.29 is 8.42 Å². The predicted octanol–water partition coefficient (Wildman–Crippen LogP) is 0.101. The van der Waals surface area contributed by atoms with Gasteiger partial charge in [-0.05, 0) is 31.8 Å². The lowest BCUT2D eigenvalue weighted by molar-refractivity contribution is 0.231. The number of thiol groups is 1. The van der Waals surface area contributed by atoms with Crippen LogP contribution >= 0.6 is 0 Å². The summed E-state index contributed by atoms with van der Waals surface area (Å²) in [6.45, 7) is 5.71. The monoisotopic (exact) mass is 176 g/mol. The minimum absolute atomic E-state index is 0.224.